The number of nitrogens with zero attached hydrogens (tertiary/aromatic N) is 2. The molecule has 1 heterocycles. The van der Waals surface area contributed by atoms with Crippen LogP contribution in [0.3, 0.4) is 0 Å². The highest BCUT2D eigenvalue weighted by Gasteiger charge is 2.11. The lowest BCUT2D eigenvalue weighted by Gasteiger charge is -2.22. The van der Waals surface area contributed by atoms with Gasteiger partial charge in [0.25, 0.3) is 0 Å². The maximum absolute atomic E-state index is 4.23. The van der Waals surface area contributed by atoms with Crippen LogP contribution < -0.4 is 10.6 Å². The SMILES string of the molecule is C=CCNC(=NC)NCc1ccccc1CN1CCCCCC1. The summed E-state index contributed by atoms with van der Waals surface area (Å²) in [5.41, 5.74) is 2.76. The molecule has 0 unspecified atom stereocenters. The van der Waals surface area contributed by atoms with Crippen LogP contribution in [0.1, 0.15) is 36.8 Å². The fourth-order valence-corrected chi connectivity index (χ4v) is 2.99. The van der Waals surface area contributed by atoms with E-state index in [2.05, 4.69) is 51.4 Å². The lowest BCUT2D eigenvalue weighted by molar-refractivity contribution is 0.276. The Morgan fingerprint density at radius 2 is 1.83 bits per heavy atom. The summed E-state index contributed by atoms with van der Waals surface area (Å²) in [4.78, 5) is 6.83. The summed E-state index contributed by atoms with van der Waals surface area (Å²) in [6, 6.07) is 8.72. The van der Waals surface area contributed by atoms with Gasteiger partial charge in [-0.05, 0) is 37.1 Å². The van der Waals surface area contributed by atoms with E-state index in [4.69, 9.17) is 0 Å². The van der Waals surface area contributed by atoms with Crippen molar-refractivity contribution in [2.45, 2.75) is 38.8 Å². The van der Waals surface area contributed by atoms with E-state index in [9.17, 15) is 0 Å². The molecule has 0 spiro atoms. The summed E-state index contributed by atoms with van der Waals surface area (Å²) < 4.78 is 0. The minimum atomic E-state index is 0.717. The smallest absolute Gasteiger partial charge is 0.191 e. The van der Waals surface area contributed by atoms with Gasteiger partial charge in [0, 0.05) is 26.7 Å². The van der Waals surface area contributed by atoms with Gasteiger partial charge in [-0.2, -0.15) is 0 Å². The molecule has 2 rings (SSSR count). The van der Waals surface area contributed by atoms with E-state index < -0.39 is 0 Å². The Bertz CT molecular complexity index is 502. The van der Waals surface area contributed by atoms with Crippen molar-refractivity contribution in [2.75, 3.05) is 26.7 Å². The summed E-state index contributed by atoms with van der Waals surface area (Å²) in [5.74, 6) is 0.814. The highest BCUT2D eigenvalue weighted by atomic mass is 15.2. The number of hydrogen-bond acceptors (Lipinski definition) is 2. The Balaban J connectivity index is 1.95. The molecule has 0 saturated carbocycles. The van der Waals surface area contributed by atoms with Crippen molar-refractivity contribution in [2.24, 2.45) is 4.99 Å². The van der Waals surface area contributed by atoms with E-state index in [0.717, 1.165) is 25.6 Å². The van der Waals surface area contributed by atoms with Crippen molar-refractivity contribution < 1.29 is 0 Å². The molecule has 0 aliphatic carbocycles. The predicted molar refractivity (Wildman–Crippen MR) is 98.6 cm³/mol. The van der Waals surface area contributed by atoms with E-state index in [1.165, 1.54) is 49.9 Å². The molecule has 1 aliphatic heterocycles. The molecule has 0 amide bonds. The van der Waals surface area contributed by atoms with Gasteiger partial charge in [-0.15, -0.1) is 6.58 Å². The summed E-state index contributed by atoms with van der Waals surface area (Å²) in [5, 5.41) is 6.59. The van der Waals surface area contributed by atoms with Crippen LogP contribution in [0.2, 0.25) is 0 Å². The first-order valence-corrected chi connectivity index (χ1v) is 8.68. The van der Waals surface area contributed by atoms with Crippen molar-refractivity contribution in [1.82, 2.24) is 15.5 Å². The topological polar surface area (TPSA) is 39.7 Å². The zero-order chi connectivity index (χ0) is 16.3. The van der Waals surface area contributed by atoms with Gasteiger partial charge in [-0.3, -0.25) is 9.89 Å². The number of guanidine groups is 1. The van der Waals surface area contributed by atoms with E-state index in [1.54, 1.807) is 7.05 Å². The number of aliphatic imine (C=N–C) groups is 1. The van der Waals surface area contributed by atoms with Crippen LogP contribution in [0, 0.1) is 0 Å². The van der Waals surface area contributed by atoms with Crippen LogP contribution in [0.4, 0.5) is 0 Å². The molecule has 126 valence electrons. The van der Waals surface area contributed by atoms with E-state index >= 15 is 0 Å². The van der Waals surface area contributed by atoms with Crippen molar-refractivity contribution in [3.8, 4) is 0 Å². The summed E-state index contributed by atoms with van der Waals surface area (Å²) in [7, 11) is 1.79. The van der Waals surface area contributed by atoms with Crippen LogP contribution in [0.25, 0.3) is 0 Å². The fourth-order valence-electron chi connectivity index (χ4n) is 2.99. The molecule has 1 saturated heterocycles. The standard InChI is InChI=1S/C19H30N4/c1-3-12-21-19(20-2)22-15-17-10-6-7-11-18(17)16-23-13-8-4-5-9-14-23/h3,6-7,10-11H,1,4-5,8-9,12-16H2,2H3,(H2,20,21,22). The fraction of sp³-hybridized carbons (Fsp3) is 0.526. The Morgan fingerprint density at radius 1 is 1.13 bits per heavy atom. The zero-order valence-corrected chi connectivity index (χ0v) is 14.4. The van der Waals surface area contributed by atoms with E-state index in [1.807, 2.05) is 6.08 Å². The number of benzene rings is 1. The lowest BCUT2D eigenvalue weighted by Crippen LogP contribution is -2.37. The maximum Gasteiger partial charge on any atom is 0.191 e. The first kappa shape index (κ1) is 17.5. The molecule has 0 bridgehead atoms. The van der Waals surface area contributed by atoms with Crippen LogP contribution in [0.15, 0.2) is 41.9 Å². The van der Waals surface area contributed by atoms with Gasteiger partial charge < -0.3 is 10.6 Å². The monoisotopic (exact) mass is 314 g/mol. The van der Waals surface area contributed by atoms with Crippen LogP contribution >= 0.6 is 0 Å². The quantitative estimate of drug-likeness (QED) is 0.482. The molecule has 4 heteroatoms. The molecule has 2 N–H and O–H groups in total. The van der Waals surface area contributed by atoms with Crippen molar-refractivity contribution >= 4 is 5.96 Å². The van der Waals surface area contributed by atoms with Gasteiger partial charge in [-0.1, -0.05) is 43.2 Å². The largest absolute Gasteiger partial charge is 0.353 e. The third-order valence-corrected chi connectivity index (χ3v) is 4.29. The summed E-state index contributed by atoms with van der Waals surface area (Å²) >= 11 is 0. The summed E-state index contributed by atoms with van der Waals surface area (Å²) in [6.07, 6.45) is 7.26. The molecule has 0 radical (unpaired) electrons. The zero-order valence-electron chi connectivity index (χ0n) is 14.4. The molecular weight excluding hydrogens is 284 g/mol. The van der Waals surface area contributed by atoms with Gasteiger partial charge in [-0.25, -0.2) is 0 Å². The third-order valence-electron chi connectivity index (χ3n) is 4.29. The molecule has 4 nitrogen and oxygen atoms in total. The second-order valence-electron chi connectivity index (χ2n) is 6.05. The van der Waals surface area contributed by atoms with Crippen LogP contribution in [-0.4, -0.2) is 37.5 Å². The van der Waals surface area contributed by atoms with Gasteiger partial charge in [0.1, 0.15) is 0 Å². The van der Waals surface area contributed by atoms with E-state index in [-0.39, 0.29) is 0 Å². The number of likely N-dealkylation sites (tertiary alicyclic amines) is 1. The average Bonchev–Trinajstić information content (AvgIpc) is 2.85. The number of hydrogen-bond donors (Lipinski definition) is 2. The first-order chi connectivity index (χ1) is 11.3. The normalized spacial score (nSPS) is 16.7. The molecule has 1 aliphatic rings. The molecule has 0 aromatic heterocycles. The molecule has 0 atom stereocenters. The molecular formula is C19H30N4. The van der Waals surface area contributed by atoms with Gasteiger partial charge in [0.15, 0.2) is 5.96 Å². The second kappa shape index (κ2) is 10.1. The molecule has 1 aromatic rings. The number of rotatable bonds is 6. The molecule has 1 aromatic carbocycles. The van der Waals surface area contributed by atoms with Gasteiger partial charge >= 0.3 is 0 Å². The van der Waals surface area contributed by atoms with Crippen molar-refractivity contribution in [3.63, 3.8) is 0 Å². The second-order valence-corrected chi connectivity index (χ2v) is 6.05. The van der Waals surface area contributed by atoms with Crippen molar-refractivity contribution in [3.05, 3.63) is 48.0 Å². The highest BCUT2D eigenvalue weighted by molar-refractivity contribution is 5.79. The predicted octanol–water partition coefficient (Wildman–Crippen LogP) is 2.91. The Morgan fingerprint density at radius 3 is 2.48 bits per heavy atom. The maximum atomic E-state index is 4.23. The molecule has 1 fully saturated rings. The minimum absolute atomic E-state index is 0.717. The van der Waals surface area contributed by atoms with Gasteiger partial charge in [0.05, 0.1) is 0 Å². The highest BCUT2D eigenvalue weighted by Crippen LogP contribution is 2.16. The lowest BCUT2D eigenvalue weighted by atomic mass is 10.1. The van der Waals surface area contributed by atoms with Gasteiger partial charge in [0.2, 0.25) is 0 Å². The Kier molecular flexibility index (Phi) is 7.67. The van der Waals surface area contributed by atoms with E-state index in [0.29, 0.717) is 0 Å². The summed E-state index contributed by atoms with van der Waals surface area (Å²) in [6.45, 7) is 8.74. The third kappa shape index (κ3) is 6.06. The minimum Gasteiger partial charge on any atom is -0.353 e. The Labute approximate surface area is 140 Å². The van der Waals surface area contributed by atoms with Crippen molar-refractivity contribution in [1.29, 1.82) is 0 Å². The van der Waals surface area contributed by atoms with Crippen LogP contribution in [-0.2, 0) is 13.1 Å². The Hall–Kier alpha value is -1.81. The first-order valence-electron chi connectivity index (χ1n) is 8.68. The van der Waals surface area contributed by atoms with Crippen LogP contribution in [0.5, 0.6) is 0 Å². The molecule has 23 heavy (non-hydrogen) atoms. The number of nitrogens with one attached hydrogen (secondary N) is 2. The average molecular weight is 314 g/mol.